The van der Waals surface area contributed by atoms with Crippen molar-refractivity contribution in [2.45, 2.75) is 6.92 Å². The first-order chi connectivity index (χ1) is 8.56. The molecule has 0 spiro atoms. The van der Waals surface area contributed by atoms with E-state index in [1.165, 1.54) is 0 Å². The van der Waals surface area contributed by atoms with Gasteiger partial charge in [0.15, 0.2) is 0 Å². The molecule has 4 nitrogen and oxygen atoms in total. The third-order valence-electron chi connectivity index (χ3n) is 2.28. The lowest BCUT2D eigenvalue weighted by Gasteiger charge is -2.07. The Labute approximate surface area is 113 Å². The van der Waals surface area contributed by atoms with Crippen LogP contribution in [0.4, 0.5) is 0 Å². The van der Waals surface area contributed by atoms with Gasteiger partial charge >= 0.3 is 0 Å². The van der Waals surface area contributed by atoms with E-state index in [2.05, 4.69) is 20.9 Å². The number of carbonyl (C=O) groups excluding carboxylic acids is 1. The predicted molar refractivity (Wildman–Crippen MR) is 71.7 cm³/mol. The molecule has 0 aliphatic carbocycles. The Morgan fingerprint density at radius 3 is 2.78 bits per heavy atom. The number of rotatable bonds is 3. The van der Waals surface area contributed by atoms with E-state index in [0.29, 0.717) is 11.6 Å². The number of hydrogen-bond acceptors (Lipinski definition) is 3. The average Bonchev–Trinajstić information content (AvgIpc) is 2.33. The highest BCUT2D eigenvalue weighted by molar-refractivity contribution is 9.10. The van der Waals surface area contributed by atoms with Gasteiger partial charge in [0.1, 0.15) is 11.4 Å². The number of halogens is 1. The van der Waals surface area contributed by atoms with Crippen molar-refractivity contribution in [3.8, 4) is 11.6 Å². The fraction of sp³-hybridized carbons (Fsp3) is 0.0769. The van der Waals surface area contributed by atoms with Gasteiger partial charge in [0.25, 0.3) is 5.91 Å². The standard InChI is InChI=1S/C13H11BrN2O2/c1-8-5-6-11(9(14)7-8)18-12-4-2-3-10(16-12)13(15)17/h2-7H,1H3,(H2,15,17). The van der Waals surface area contributed by atoms with Crippen molar-refractivity contribution in [2.75, 3.05) is 0 Å². The van der Waals surface area contributed by atoms with Crippen LogP contribution in [0, 0.1) is 6.92 Å². The molecule has 0 aliphatic rings. The summed E-state index contributed by atoms with van der Waals surface area (Å²) in [5.74, 6) is 0.383. The topological polar surface area (TPSA) is 65.2 Å². The number of benzene rings is 1. The Morgan fingerprint density at radius 1 is 1.33 bits per heavy atom. The van der Waals surface area contributed by atoms with Gasteiger partial charge in [-0.25, -0.2) is 4.98 Å². The van der Waals surface area contributed by atoms with Crippen LogP contribution in [0.5, 0.6) is 11.6 Å². The molecular weight excluding hydrogens is 296 g/mol. The number of nitrogens with two attached hydrogens (primary N) is 1. The van der Waals surface area contributed by atoms with Gasteiger partial charge in [-0.2, -0.15) is 0 Å². The third kappa shape index (κ3) is 2.87. The molecule has 1 aromatic heterocycles. The van der Waals surface area contributed by atoms with E-state index in [1.807, 2.05) is 25.1 Å². The van der Waals surface area contributed by atoms with E-state index >= 15 is 0 Å². The number of ether oxygens (including phenoxy) is 1. The molecule has 0 saturated carbocycles. The van der Waals surface area contributed by atoms with Gasteiger partial charge in [0.2, 0.25) is 5.88 Å². The number of aromatic nitrogens is 1. The maximum absolute atomic E-state index is 11.0. The van der Waals surface area contributed by atoms with E-state index in [0.717, 1.165) is 10.0 Å². The molecule has 1 heterocycles. The fourth-order valence-electron chi connectivity index (χ4n) is 1.41. The van der Waals surface area contributed by atoms with Crippen molar-refractivity contribution >= 4 is 21.8 Å². The molecule has 2 aromatic rings. The zero-order valence-corrected chi connectivity index (χ0v) is 11.3. The number of primary amides is 1. The SMILES string of the molecule is Cc1ccc(Oc2cccc(C(N)=O)n2)c(Br)c1. The molecule has 0 saturated heterocycles. The van der Waals surface area contributed by atoms with Crippen LogP contribution >= 0.6 is 15.9 Å². The van der Waals surface area contributed by atoms with Gasteiger partial charge in [0.05, 0.1) is 4.47 Å². The monoisotopic (exact) mass is 306 g/mol. The van der Waals surface area contributed by atoms with Crippen LogP contribution in [0.2, 0.25) is 0 Å². The van der Waals surface area contributed by atoms with Gasteiger partial charge in [-0.05, 0) is 46.6 Å². The Kier molecular flexibility index (Phi) is 3.62. The summed E-state index contributed by atoms with van der Waals surface area (Å²) in [7, 11) is 0. The van der Waals surface area contributed by atoms with Crippen LogP contribution in [0.3, 0.4) is 0 Å². The highest BCUT2D eigenvalue weighted by Gasteiger charge is 2.07. The minimum absolute atomic E-state index is 0.177. The number of pyridine rings is 1. The minimum atomic E-state index is -0.580. The molecule has 0 bridgehead atoms. The Bertz CT molecular complexity index is 599. The van der Waals surface area contributed by atoms with Crippen LogP contribution in [-0.4, -0.2) is 10.9 Å². The number of nitrogens with zero attached hydrogens (tertiary/aromatic N) is 1. The van der Waals surface area contributed by atoms with E-state index in [1.54, 1.807) is 18.2 Å². The predicted octanol–water partition coefficient (Wildman–Crippen LogP) is 3.04. The van der Waals surface area contributed by atoms with Gasteiger partial charge in [-0.3, -0.25) is 4.79 Å². The van der Waals surface area contributed by atoms with E-state index < -0.39 is 5.91 Å². The summed E-state index contributed by atoms with van der Waals surface area (Å²) < 4.78 is 6.42. The lowest BCUT2D eigenvalue weighted by Crippen LogP contribution is -2.12. The molecule has 2 rings (SSSR count). The van der Waals surface area contributed by atoms with Crippen molar-refractivity contribution in [1.29, 1.82) is 0 Å². The van der Waals surface area contributed by atoms with Crippen LogP contribution in [0.1, 0.15) is 16.1 Å². The van der Waals surface area contributed by atoms with Crippen LogP contribution in [-0.2, 0) is 0 Å². The average molecular weight is 307 g/mol. The molecule has 0 unspecified atom stereocenters. The summed E-state index contributed by atoms with van der Waals surface area (Å²) in [6, 6.07) is 10.6. The third-order valence-corrected chi connectivity index (χ3v) is 2.90. The second kappa shape index (κ2) is 5.18. The Hall–Kier alpha value is -1.88. The van der Waals surface area contributed by atoms with E-state index in [9.17, 15) is 4.79 Å². The number of carbonyl (C=O) groups is 1. The van der Waals surface area contributed by atoms with Crippen molar-refractivity contribution < 1.29 is 9.53 Å². The second-order valence-electron chi connectivity index (χ2n) is 3.76. The van der Waals surface area contributed by atoms with Crippen molar-refractivity contribution in [1.82, 2.24) is 4.98 Å². The van der Waals surface area contributed by atoms with Gasteiger partial charge in [-0.15, -0.1) is 0 Å². The molecule has 0 aliphatic heterocycles. The minimum Gasteiger partial charge on any atom is -0.438 e. The first-order valence-corrected chi connectivity index (χ1v) is 6.06. The maximum atomic E-state index is 11.0. The first kappa shape index (κ1) is 12.6. The molecule has 2 N–H and O–H groups in total. The smallest absolute Gasteiger partial charge is 0.267 e. The van der Waals surface area contributed by atoms with Crippen LogP contribution in [0.15, 0.2) is 40.9 Å². The van der Waals surface area contributed by atoms with E-state index in [-0.39, 0.29) is 5.69 Å². The van der Waals surface area contributed by atoms with Crippen LogP contribution < -0.4 is 10.5 Å². The second-order valence-corrected chi connectivity index (χ2v) is 4.62. The molecule has 0 radical (unpaired) electrons. The summed E-state index contributed by atoms with van der Waals surface area (Å²) in [5, 5.41) is 0. The van der Waals surface area contributed by atoms with Crippen molar-refractivity contribution in [2.24, 2.45) is 5.73 Å². The molecule has 92 valence electrons. The summed E-state index contributed by atoms with van der Waals surface area (Å²) >= 11 is 3.41. The highest BCUT2D eigenvalue weighted by atomic mass is 79.9. The zero-order chi connectivity index (χ0) is 13.1. The number of aryl methyl sites for hydroxylation is 1. The quantitative estimate of drug-likeness (QED) is 0.948. The molecular formula is C13H11BrN2O2. The maximum Gasteiger partial charge on any atom is 0.267 e. The van der Waals surface area contributed by atoms with Crippen LogP contribution in [0.25, 0.3) is 0 Å². The van der Waals surface area contributed by atoms with E-state index in [4.69, 9.17) is 10.5 Å². The fourth-order valence-corrected chi connectivity index (χ4v) is 1.98. The van der Waals surface area contributed by atoms with Gasteiger partial charge < -0.3 is 10.5 Å². The molecule has 5 heteroatoms. The molecule has 18 heavy (non-hydrogen) atoms. The first-order valence-electron chi connectivity index (χ1n) is 5.27. The lowest BCUT2D eigenvalue weighted by molar-refractivity contribution is 0.0995. The Morgan fingerprint density at radius 2 is 2.11 bits per heavy atom. The molecule has 0 fully saturated rings. The van der Waals surface area contributed by atoms with Crippen molar-refractivity contribution in [3.05, 3.63) is 52.1 Å². The summed E-state index contributed by atoms with van der Waals surface area (Å²) in [4.78, 5) is 15.0. The van der Waals surface area contributed by atoms with Gasteiger partial charge in [-0.1, -0.05) is 12.1 Å². The largest absolute Gasteiger partial charge is 0.438 e. The summed E-state index contributed by atoms with van der Waals surface area (Å²) in [6.07, 6.45) is 0. The Balaban J connectivity index is 2.28. The lowest BCUT2D eigenvalue weighted by atomic mass is 10.2. The summed E-state index contributed by atoms with van der Waals surface area (Å²) in [5.41, 5.74) is 6.45. The van der Waals surface area contributed by atoms with Crippen molar-refractivity contribution in [3.63, 3.8) is 0 Å². The van der Waals surface area contributed by atoms with Gasteiger partial charge in [0, 0.05) is 6.07 Å². The normalized spacial score (nSPS) is 10.1. The highest BCUT2D eigenvalue weighted by Crippen LogP contribution is 2.29. The molecule has 1 amide bonds. The zero-order valence-electron chi connectivity index (χ0n) is 9.68. The molecule has 0 atom stereocenters. The summed E-state index contributed by atoms with van der Waals surface area (Å²) in [6.45, 7) is 1.99. The number of amides is 1. The number of hydrogen-bond donors (Lipinski definition) is 1. The molecule has 1 aromatic carbocycles.